The minimum atomic E-state index is -3.59. The second kappa shape index (κ2) is 7.16. The minimum Gasteiger partial charge on any atom is -0.381 e. The van der Waals surface area contributed by atoms with Crippen molar-refractivity contribution in [2.75, 3.05) is 31.1 Å². The first-order valence-corrected chi connectivity index (χ1v) is 12.6. The van der Waals surface area contributed by atoms with E-state index < -0.39 is 10.0 Å². The van der Waals surface area contributed by atoms with Gasteiger partial charge in [0, 0.05) is 30.4 Å². The average Bonchev–Trinajstić information content (AvgIpc) is 3.47. The van der Waals surface area contributed by atoms with Crippen LogP contribution in [0.4, 0.5) is 5.69 Å². The Bertz CT molecular complexity index is 1180. The number of ether oxygens (including phenoxy) is 1. The molecule has 0 bridgehead atoms. The highest BCUT2D eigenvalue weighted by Crippen LogP contribution is 2.43. The fraction of sp³-hybridized carbons (Fsp3) is 0.350. The molecule has 9 heteroatoms. The predicted molar refractivity (Wildman–Crippen MR) is 120 cm³/mol. The molecule has 0 saturated carbocycles. The van der Waals surface area contributed by atoms with E-state index in [0.29, 0.717) is 9.90 Å². The van der Waals surface area contributed by atoms with Crippen LogP contribution < -0.4 is 4.31 Å². The van der Waals surface area contributed by atoms with Crippen LogP contribution in [-0.4, -0.2) is 50.0 Å². The molecule has 4 heterocycles. The molecule has 1 aromatic carbocycles. The van der Waals surface area contributed by atoms with Crippen molar-refractivity contribution < 1.29 is 13.2 Å². The number of benzene rings is 1. The number of anilines is 1. The molecule has 29 heavy (non-hydrogen) atoms. The number of thiophene rings is 1. The van der Waals surface area contributed by atoms with Crippen molar-refractivity contribution in [2.45, 2.75) is 21.8 Å². The van der Waals surface area contributed by atoms with Crippen molar-refractivity contribution >= 4 is 54.8 Å². The van der Waals surface area contributed by atoms with Gasteiger partial charge in [-0.25, -0.2) is 8.42 Å². The first-order valence-electron chi connectivity index (χ1n) is 9.44. The molecule has 0 atom stereocenters. The molecule has 1 saturated heterocycles. The van der Waals surface area contributed by atoms with Crippen LogP contribution in [0.2, 0.25) is 0 Å². The van der Waals surface area contributed by atoms with Gasteiger partial charge in [0.1, 0.15) is 9.25 Å². The number of aromatic nitrogens is 1. The first-order chi connectivity index (χ1) is 14.0. The molecule has 5 rings (SSSR count). The average molecular weight is 448 g/mol. The summed E-state index contributed by atoms with van der Waals surface area (Å²) in [5.74, 6) is 0. The number of nitrogens with zero attached hydrogens (tertiary/aromatic N) is 2. The van der Waals surface area contributed by atoms with E-state index in [1.807, 2.05) is 30.0 Å². The van der Waals surface area contributed by atoms with Gasteiger partial charge in [0.2, 0.25) is 0 Å². The first kappa shape index (κ1) is 19.2. The van der Waals surface area contributed by atoms with Crippen molar-refractivity contribution in [1.29, 1.82) is 0 Å². The predicted octanol–water partition coefficient (Wildman–Crippen LogP) is 4.10. The Morgan fingerprint density at radius 1 is 1.21 bits per heavy atom. The molecule has 0 radical (unpaired) electrons. The molecule has 3 aromatic rings. The summed E-state index contributed by atoms with van der Waals surface area (Å²) >= 11 is 3.05. The third-order valence-corrected chi connectivity index (χ3v) is 10.2. The van der Waals surface area contributed by atoms with Gasteiger partial charge in [0.25, 0.3) is 10.0 Å². The smallest absolute Gasteiger partial charge is 0.273 e. The summed E-state index contributed by atoms with van der Waals surface area (Å²) < 4.78 is 33.3. The summed E-state index contributed by atoms with van der Waals surface area (Å²) in [6.07, 6.45) is 2.02. The Labute approximate surface area is 178 Å². The lowest BCUT2D eigenvalue weighted by atomic mass is 9.99. The van der Waals surface area contributed by atoms with E-state index in [1.165, 1.54) is 15.6 Å². The maximum absolute atomic E-state index is 13.0. The maximum Gasteiger partial charge on any atom is 0.273 e. The van der Waals surface area contributed by atoms with Crippen LogP contribution in [0.1, 0.15) is 18.5 Å². The number of para-hydroxylation sites is 1. The largest absolute Gasteiger partial charge is 0.381 e. The standard InChI is InChI=1S/C20H21N3O3S3/c1-23(29(24,25)17-6-3-11-27-17)16-5-2-4-14-12-15(22-18(14)16)19-21-13-20(28-19)7-9-26-10-8-20/h2-6,11-12,22H,7-10,13H2,1H3. The van der Waals surface area contributed by atoms with Crippen molar-refractivity contribution in [3.05, 3.63) is 47.5 Å². The zero-order valence-electron chi connectivity index (χ0n) is 15.9. The van der Waals surface area contributed by atoms with Gasteiger partial charge in [0.15, 0.2) is 0 Å². The summed E-state index contributed by atoms with van der Waals surface area (Å²) in [6.45, 7) is 2.39. The summed E-state index contributed by atoms with van der Waals surface area (Å²) in [4.78, 5) is 8.25. The molecule has 1 N–H and O–H groups in total. The van der Waals surface area contributed by atoms with E-state index in [4.69, 9.17) is 9.73 Å². The van der Waals surface area contributed by atoms with E-state index in [0.717, 1.165) is 54.2 Å². The van der Waals surface area contributed by atoms with Crippen molar-refractivity contribution in [2.24, 2.45) is 4.99 Å². The molecular formula is C20H21N3O3S3. The quantitative estimate of drug-likeness (QED) is 0.653. The van der Waals surface area contributed by atoms with Gasteiger partial charge in [-0.05, 0) is 36.4 Å². The van der Waals surface area contributed by atoms with Crippen LogP contribution in [0, 0.1) is 0 Å². The van der Waals surface area contributed by atoms with Gasteiger partial charge in [-0.1, -0.05) is 30.0 Å². The van der Waals surface area contributed by atoms with Crippen molar-refractivity contribution in [1.82, 2.24) is 4.98 Å². The van der Waals surface area contributed by atoms with E-state index in [2.05, 4.69) is 11.1 Å². The van der Waals surface area contributed by atoms with Gasteiger partial charge in [-0.15, -0.1) is 11.3 Å². The number of thioether (sulfide) groups is 1. The summed E-state index contributed by atoms with van der Waals surface area (Å²) in [5, 5.41) is 3.75. The van der Waals surface area contributed by atoms with Gasteiger partial charge in [-0.2, -0.15) is 0 Å². The Kier molecular flexibility index (Phi) is 4.73. The molecular weight excluding hydrogens is 426 g/mol. The molecule has 0 amide bonds. The molecule has 0 aliphatic carbocycles. The van der Waals surface area contributed by atoms with Crippen molar-refractivity contribution in [3.8, 4) is 0 Å². The number of hydrogen-bond acceptors (Lipinski definition) is 6. The van der Waals surface area contributed by atoms with E-state index >= 15 is 0 Å². The number of aliphatic imine (C=N–C) groups is 1. The zero-order chi connectivity index (χ0) is 20.1. The number of fused-ring (bicyclic) bond motifs is 1. The number of hydrogen-bond donors (Lipinski definition) is 1. The third-order valence-electron chi connectivity index (χ3n) is 5.54. The third kappa shape index (κ3) is 3.30. The lowest BCUT2D eigenvalue weighted by Crippen LogP contribution is -2.34. The Balaban J connectivity index is 1.49. The second-order valence-corrected chi connectivity index (χ2v) is 11.9. The zero-order valence-corrected chi connectivity index (χ0v) is 18.4. The molecule has 2 aliphatic heterocycles. The van der Waals surface area contributed by atoms with Crippen LogP contribution in [0.25, 0.3) is 10.9 Å². The number of nitrogens with one attached hydrogen (secondary N) is 1. The van der Waals surface area contributed by atoms with E-state index in [1.54, 1.807) is 24.6 Å². The highest BCUT2D eigenvalue weighted by atomic mass is 32.2. The summed E-state index contributed by atoms with van der Waals surface area (Å²) in [7, 11) is -1.99. The van der Waals surface area contributed by atoms with Crippen LogP contribution in [0.5, 0.6) is 0 Å². The second-order valence-electron chi connectivity index (χ2n) is 7.35. The molecule has 6 nitrogen and oxygen atoms in total. The Hall–Kier alpha value is -1.81. The fourth-order valence-corrected chi connectivity index (χ4v) is 7.45. The van der Waals surface area contributed by atoms with Crippen LogP contribution in [-0.2, 0) is 14.8 Å². The molecule has 1 spiro atoms. The molecule has 1 fully saturated rings. The van der Waals surface area contributed by atoms with Gasteiger partial charge in [0.05, 0.1) is 23.4 Å². The van der Waals surface area contributed by atoms with Crippen LogP contribution >= 0.6 is 23.1 Å². The van der Waals surface area contributed by atoms with Crippen LogP contribution in [0.3, 0.4) is 0 Å². The molecule has 152 valence electrons. The highest BCUT2D eigenvalue weighted by molar-refractivity contribution is 8.15. The van der Waals surface area contributed by atoms with Gasteiger partial charge < -0.3 is 9.72 Å². The lowest BCUT2D eigenvalue weighted by molar-refractivity contribution is 0.0801. The van der Waals surface area contributed by atoms with Crippen LogP contribution in [0.15, 0.2) is 51.0 Å². The van der Waals surface area contributed by atoms with E-state index in [-0.39, 0.29) is 4.75 Å². The monoisotopic (exact) mass is 447 g/mol. The lowest BCUT2D eigenvalue weighted by Gasteiger charge is -2.31. The van der Waals surface area contributed by atoms with Gasteiger partial charge in [-0.3, -0.25) is 9.30 Å². The minimum absolute atomic E-state index is 0.146. The van der Waals surface area contributed by atoms with Gasteiger partial charge >= 0.3 is 0 Å². The maximum atomic E-state index is 13.0. The van der Waals surface area contributed by atoms with Crippen molar-refractivity contribution in [3.63, 3.8) is 0 Å². The summed E-state index contributed by atoms with van der Waals surface area (Å²) in [5.41, 5.74) is 2.38. The molecule has 2 aromatic heterocycles. The highest BCUT2D eigenvalue weighted by Gasteiger charge is 2.39. The topological polar surface area (TPSA) is 74.8 Å². The molecule has 0 unspecified atom stereocenters. The Morgan fingerprint density at radius 2 is 2.03 bits per heavy atom. The molecule has 2 aliphatic rings. The van der Waals surface area contributed by atoms with E-state index in [9.17, 15) is 8.42 Å². The number of aromatic amines is 1. The Morgan fingerprint density at radius 3 is 2.79 bits per heavy atom. The SMILES string of the molecule is CN(c1cccc2cc(C3=NCC4(CCOCC4)S3)[nH]c12)S(=O)(=O)c1cccs1. The normalized spacial score (nSPS) is 19.0. The fourth-order valence-electron chi connectivity index (χ4n) is 3.82. The number of H-pyrrole nitrogens is 1. The number of sulfonamides is 1. The number of rotatable bonds is 4. The summed E-state index contributed by atoms with van der Waals surface area (Å²) in [6, 6.07) is 11.2.